The van der Waals surface area contributed by atoms with E-state index in [0.29, 0.717) is 5.69 Å². The summed E-state index contributed by atoms with van der Waals surface area (Å²) in [5.74, 6) is -0.151. The molecule has 0 aliphatic carbocycles. The number of nitrogens with one attached hydrogen (secondary N) is 1. The van der Waals surface area contributed by atoms with Crippen molar-refractivity contribution >= 4 is 32.6 Å². The lowest BCUT2D eigenvalue weighted by atomic mass is 10.1. The molecule has 0 unspecified atom stereocenters. The lowest BCUT2D eigenvalue weighted by Crippen LogP contribution is -2.44. The Morgan fingerprint density at radius 2 is 2.04 bits per heavy atom. The highest BCUT2D eigenvalue weighted by molar-refractivity contribution is 7.22. The molecular weight excluding hydrogens is 322 g/mol. The molecule has 0 saturated carbocycles. The van der Waals surface area contributed by atoms with Crippen LogP contribution in [0.2, 0.25) is 0 Å². The molecule has 1 N–H and O–H groups in total. The number of thiazole rings is 1. The van der Waals surface area contributed by atoms with Gasteiger partial charge >= 0.3 is 0 Å². The molecule has 2 aromatic heterocycles. The Labute approximate surface area is 143 Å². The first kappa shape index (κ1) is 15.0. The fraction of sp³-hybridized carbons (Fsp3) is 0.294. The quantitative estimate of drug-likeness (QED) is 0.794. The van der Waals surface area contributed by atoms with E-state index in [0.717, 1.165) is 36.6 Å². The second kappa shape index (κ2) is 6.52. The number of nitrogens with zero attached hydrogens (tertiary/aromatic N) is 4. The largest absolute Gasteiger partial charge is 0.348 e. The van der Waals surface area contributed by atoms with Gasteiger partial charge in [-0.1, -0.05) is 23.5 Å². The SMILES string of the molecule is O=C(NC1CCN(c2nc3ccccc3s2)CC1)c1cnccn1. The zero-order valence-corrected chi connectivity index (χ0v) is 13.9. The van der Waals surface area contributed by atoms with Crippen LogP contribution in [0.5, 0.6) is 0 Å². The standard InChI is InChI=1S/C17H17N5OS/c23-16(14-11-18-7-8-19-14)20-12-5-9-22(10-6-12)17-21-13-3-1-2-4-15(13)24-17/h1-4,7-8,11-12H,5-6,9-10H2,(H,20,23). The number of benzene rings is 1. The van der Waals surface area contributed by atoms with Gasteiger partial charge in [-0.3, -0.25) is 9.78 Å². The van der Waals surface area contributed by atoms with Gasteiger partial charge in [0.15, 0.2) is 5.13 Å². The van der Waals surface area contributed by atoms with Crippen molar-refractivity contribution in [2.24, 2.45) is 0 Å². The van der Waals surface area contributed by atoms with Gasteiger partial charge in [0, 0.05) is 31.5 Å². The summed E-state index contributed by atoms with van der Waals surface area (Å²) in [6.45, 7) is 1.79. The van der Waals surface area contributed by atoms with Crippen molar-refractivity contribution in [2.45, 2.75) is 18.9 Å². The summed E-state index contributed by atoms with van der Waals surface area (Å²) in [5.41, 5.74) is 1.42. The molecule has 122 valence electrons. The monoisotopic (exact) mass is 339 g/mol. The van der Waals surface area contributed by atoms with Gasteiger partial charge in [0.2, 0.25) is 0 Å². The summed E-state index contributed by atoms with van der Waals surface area (Å²) in [6, 6.07) is 8.37. The van der Waals surface area contributed by atoms with Crippen molar-refractivity contribution in [3.63, 3.8) is 0 Å². The number of carbonyl (C=O) groups is 1. The molecule has 1 fully saturated rings. The van der Waals surface area contributed by atoms with E-state index in [2.05, 4.69) is 26.3 Å². The molecule has 1 aliphatic heterocycles. The number of para-hydroxylation sites is 1. The van der Waals surface area contributed by atoms with Crippen LogP contribution in [-0.4, -0.2) is 40.0 Å². The van der Waals surface area contributed by atoms with E-state index in [4.69, 9.17) is 4.98 Å². The summed E-state index contributed by atoms with van der Waals surface area (Å²) in [6.07, 6.45) is 6.40. The molecule has 3 heterocycles. The van der Waals surface area contributed by atoms with Gasteiger partial charge < -0.3 is 10.2 Å². The van der Waals surface area contributed by atoms with Crippen molar-refractivity contribution in [3.05, 3.63) is 48.5 Å². The van der Waals surface area contributed by atoms with E-state index in [1.165, 1.54) is 17.1 Å². The van der Waals surface area contributed by atoms with Crippen LogP contribution in [0.15, 0.2) is 42.9 Å². The van der Waals surface area contributed by atoms with Crippen molar-refractivity contribution in [1.82, 2.24) is 20.3 Å². The Morgan fingerprint density at radius 1 is 1.21 bits per heavy atom. The highest BCUT2D eigenvalue weighted by Gasteiger charge is 2.23. The van der Waals surface area contributed by atoms with E-state index in [9.17, 15) is 4.79 Å². The molecule has 0 spiro atoms. The molecule has 0 atom stereocenters. The number of aromatic nitrogens is 3. The van der Waals surface area contributed by atoms with E-state index < -0.39 is 0 Å². The van der Waals surface area contributed by atoms with Gasteiger partial charge in [-0.15, -0.1) is 0 Å². The third kappa shape index (κ3) is 3.07. The topological polar surface area (TPSA) is 71.0 Å². The van der Waals surface area contributed by atoms with Crippen molar-refractivity contribution < 1.29 is 4.79 Å². The average molecular weight is 339 g/mol. The number of anilines is 1. The zero-order valence-electron chi connectivity index (χ0n) is 13.1. The summed E-state index contributed by atoms with van der Waals surface area (Å²) < 4.78 is 1.21. The highest BCUT2D eigenvalue weighted by Crippen LogP contribution is 2.30. The van der Waals surface area contributed by atoms with Crippen LogP contribution in [-0.2, 0) is 0 Å². The number of piperidine rings is 1. The molecule has 6 nitrogen and oxygen atoms in total. The minimum atomic E-state index is -0.151. The van der Waals surface area contributed by atoms with E-state index in [1.807, 2.05) is 18.2 Å². The first-order valence-electron chi connectivity index (χ1n) is 7.97. The number of rotatable bonds is 3. The van der Waals surface area contributed by atoms with Crippen LogP contribution in [0.4, 0.5) is 5.13 Å². The van der Waals surface area contributed by atoms with Crippen LogP contribution >= 0.6 is 11.3 Å². The van der Waals surface area contributed by atoms with Gasteiger partial charge in [0.25, 0.3) is 5.91 Å². The minimum Gasteiger partial charge on any atom is -0.348 e. The fourth-order valence-corrected chi connectivity index (χ4v) is 3.90. The van der Waals surface area contributed by atoms with Gasteiger partial charge in [-0.2, -0.15) is 0 Å². The van der Waals surface area contributed by atoms with Crippen LogP contribution < -0.4 is 10.2 Å². The van der Waals surface area contributed by atoms with Crippen molar-refractivity contribution in [2.75, 3.05) is 18.0 Å². The fourth-order valence-electron chi connectivity index (χ4n) is 2.89. The molecule has 24 heavy (non-hydrogen) atoms. The lowest BCUT2D eigenvalue weighted by molar-refractivity contribution is 0.0925. The molecule has 7 heteroatoms. The first-order valence-corrected chi connectivity index (χ1v) is 8.78. The molecule has 1 aromatic carbocycles. The van der Waals surface area contributed by atoms with Crippen LogP contribution in [0, 0.1) is 0 Å². The van der Waals surface area contributed by atoms with Crippen molar-refractivity contribution in [1.29, 1.82) is 0 Å². The summed E-state index contributed by atoms with van der Waals surface area (Å²) in [4.78, 5) is 27.1. The van der Waals surface area contributed by atoms with E-state index >= 15 is 0 Å². The maximum absolute atomic E-state index is 12.1. The maximum atomic E-state index is 12.1. The molecule has 3 aromatic rings. The van der Waals surface area contributed by atoms with Gasteiger partial charge in [0.05, 0.1) is 16.4 Å². The summed E-state index contributed by atoms with van der Waals surface area (Å²) in [5, 5.41) is 4.11. The molecule has 1 saturated heterocycles. The lowest BCUT2D eigenvalue weighted by Gasteiger charge is -2.32. The van der Waals surface area contributed by atoms with E-state index in [-0.39, 0.29) is 11.9 Å². The van der Waals surface area contributed by atoms with Gasteiger partial charge in [0.1, 0.15) is 5.69 Å². The second-order valence-corrected chi connectivity index (χ2v) is 6.80. The maximum Gasteiger partial charge on any atom is 0.271 e. The Morgan fingerprint density at radius 3 is 2.79 bits per heavy atom. The van der Waals surface area contributed by atoms with Crippen LogP contribution in [0.25, 0.3) is 10.2 Å². The smallest absolute Gasteiger partial charge is 0.271 e. The van der Waals surface area contributed by atoms with Gasteiger partial charge in [-0.05, 0) is 25.0 Å². The molecule has 1 amide bonds. The highest BCUT2D eigenvalue weighted by atomic mass is 32.1. The Hall–Kier alpha value is -2.54. The number of fused-ring (bicyclic) bond motifs is 1. The summed E-state index contributed by atoms with van der Waals surface area (Å²) >= 11 is 1.73. The molecule has 1 aliphatic rings. The number of carbonyl (C=O) groups excluding carboxylic acids is 1. The minimum absolute atomic E-state index is 0.151. The predicted octanol–water partition coefficient (Wildman–Crippen LogP) is 2.49. The Balaban J connectivity index is 1.37. The Kier molecular flexibility index (Phi) is 4.08. The number of amides is 1. The molecule has 0 bridgehead atoms. The molecule has 4 rings (SSSR count). The van der Waals surface area contributed by atoms with E-state index in [1.54, 1.807) is 17.5 Å². The molecular formula is C17H17N5OS. The molecule has 0 radical (unpaired) electrons. The third-order valence-electron chi connectivity index (χ3n) is 4.18. The Bertz CT molecular complexity index is 809. The van der Waals surface area contributed by atoms with Crippen molar-refractivity contribution in [3.8, 4) is 0 Å². The number of hydrogen-bond donors (Lipinski definition) is 1. The second-order valence-electron chi connectivity index (χ2n) is 5.79. The normalized spacial score (nSPS) is 15.6. The van der Waals surface area contributed by atoms with Crippen LogP contribution in [0.1, 0.15) is 23.3 Å². The van der Waals surface area contributed by atoms with Gasteiger partial charge in [-0.25, -0.2) is 9.97 Å². The average Bonchev–Trinajstić information content (AvgIpc) is 3.07. The summed E-state index contributed by atoms with van der Waals surface area (Å²) in [7, 11) is 0. The number of hydrogen-bond acceptors (Lipinski definition) is 6. The first-order chi connectivity index (χ1) is 11.8. The predicted molar refractivity (Wildman–Crippen MR) is 94.4 cm³/mol. The van der Waals surface area contributed by atoms with Crippen LogP contribution in [0.3, 0.4) is 0 Å². The third-order valence-corrected chi connectivity index (χ3v) is 5.28. The zero-order chi connectivity index (χ0) is 16.4.